The molecular formula is C18H12BrF3N2O2. The lowest BCUT2D eigenvalue weighted by Crippen LogP contribution is -2.19. The Morgan fingerprint density at radius 2 is 1.88 bits per heavy atom. The van der Waals surface area contributed by atoms with Crippen molar-refractivity contribution in [1.82, 2.24) is 10.3 Å². The predicted molar refractivity (Wildman–Crippen MR) is 94.4 cm³/mol. The predicted octanol–water partition coefficient (Wildman–Crippen LogP) is 5.17. The third-order valence-electron chi connectivity index (χ3n) is 3.66. The molecule has 1 amide bonds. The summed E-state index contributed by atoms with van der Waals surface area (Å²) in [6, 6.07) is 9.74. The highest BCUT2D eigenvalue weighted by molar-refractivity contribution is 9.10. The fraction of sp³-hybridized carbons (Fsp3) is 0.111. The van der Waals surface area contributed by atoms with Gasteiger partial charge in [0.1, 0.15) is 11.5 Å². The molecule has 2 aromatic carbocycles. The van der Waals surface area contributed by atoms with Crippen molar-refractivity contribution in [2.45, 2.75) is 6.18 Å². The number of pyridine rings is 1. The van der Waals surface area contributed by atoms with Gasteiger partial charge in [-0.2, -0.15) is 13.2 Å². The van der Waals surface area contributed by atoms with Crippen LogP contribution in [0.2, 0.25) is 0 Å². The summed E-state index contributed by atoms with van der Waals surface area (Å²) in [5.74, 6) is -0.281. The van der Waals surface area contributed by atoms with Gasteiger partial charge in [-0.3, -0.25) is 9.78 Å². The van der Waals surface area contributed by atoms with E-state index in [1.165, 1.54) is 13.2 Å². The van der Waals surface area contributed by atoms with Gasteiger partial charge in [-0.1, -0.05) is 15.9 Å². The first-order chi connectivity index (χ1) is 12.3. The van der Waals surface area contributed by atoms with Gasteiger partial charge in [0.2, 0.25) is 0 Å². The number of rotatable bonds is 3. The summed E-state index contributed by atoms with van der Waals surface area (Å²) in [4.78, 5) is 16.3. The average molecular weight is 425 g/mol. The number of ether oxygens (including phenoxy) is 1. The summed E-state index contributed by atoms with van der Waals surface area (Å²) in [6.45, 7) is 0. The minimum absolute atomic E-state index is 0.0184. The number of nitrogens with zero attached hydrogens (tertiary/aromatic N) is 1. The topological polar surface area (TPSA) is 51.2 Å². The van der Waals surface area contributed by atoms with Crippen LogP contribution >= 0.6 is 15.9 Å². The van der Waals surface area contributed by atoms with Crippen LogP contribution in [0, 0.1) is 0 Å². The Hall–Kier alpha value is -2.61. The van der Waals surface area contributed by atoms with E-state index < -0.39 is 17.6 Å². The van der Waals surface area contributed by atoms with Gasteiger partial charge in [0, 0.05) is 23.1 Å². The number of nitrogens with one attached hydrogen (secondary N) is 1. The summed E-state index contributed by atoms with van der Waals surface area (Å²) in [7, 11) is 1.34. The van der Waals surface area contributed by atoms with E-state index in [4.69, 9.17) is 4.74 Å². The van der Waals surface area contributed by atoms with Crippen LogP contribution < -0.4 is 10.1 Å². The van der Waals surface area contributed by atoms with Gasteiger partial charge in [0.25, 0.3) is 5.91 Å². The summed E-state index contributed by atoms with van der Waals surface area (Å²) in [5.41, 5.74) is -0.479. The van der Waals surface area contributed by atoms with E-state index >= 15 is 0 Å². The van der Waals surface area contributed by atoms with Crippen LogP contribution in [0.3, 0.4) is 0 Å². The molecule has 0 fully saturated rings. The molecule has 0 spiro atoms. The average Bonchev–Trinajstić information content (AvgIpc) is 2.61. The van der Waals surface area contributed by atoms with Gasteiger partial charge in [-0.15, -0.1) is 0 Å². The Bertz CT molecular complexity index is 990. The van der Waals surface area contributed by atoms with Crippen molar-refractivity contribution in [1.29, 1.82) is 0 Å². The molecule has 0 aliphatic heterocycles. The number of fused-ring (bicyclic) bond motifs is 1. The lowest BCUT2D eigenvalue weighted by molar-refractivity contribution is -0.137. The van der Waals surface area contributed by atoms with Gasteiger partial charge in [0.05, 0.1) is 16.6 Å². The minimum Gasteiger partial charge on any atom is -0.456 e. The van der Waals surface area contributed by atoms with Gasteiger partial charge in [-0.25, -0.2) is 0 Å². The van der Waals surface area contributed by atoms with Crippen molar-refractivity contribution in [3.8, 4) is 11.5 Å². The number of carbonyl (C=O) groups is 1. The first-order valence-electron chi connectivity index (χ1n) is 7.45. The second-order valence-corrected chi connectivity index (χ2v) is 6.28. The molecule has 134 valence electrons. The molecule has 0 unspecified atom stereocenters. The molecule has 1 heterocycles. The molecular weight excluding hydrogens is 413 g/mol. The normalized spacial score (nSPS) is 11.4. The maximum atomic E-state index is 13.0. The molecule has 0 bridgehead atoms. The minimum atomic E-state index is -4.56. The second kappa shape index (κ2) is 6.95. The molecule has 0 saturated heterocycles. The first kappa shape index (κ1) is 18.2. The van der Waals surface area contributed by atoms with E-state index in [2.05, 4.69) is 26.2 Å². The fourth-order valence-corrected chi connectivity index (χ4v) is 2.77. The number of halogens is 4. The number of benzene rings is 2. The van der Waals surface area contributed by atoms with Crippen molar-refractivity contribution < 1.29 is 22.7 Å². The van der Waals surface area contributed by atoms with Crippen LogP contribution in [0.1, 0.15) is 15.9 Å². The SMILES string of the molecule is CNC(=O)c1cc(C(F)(F)F)ccc1Oc1ccnc2ccc(Br)cc12. The van der Waals surface area contributed by atoms with Crippen LogP contribution in [0.15, 0.2) is 53.1 Å². The summed E-state index contributed by atoms with van der Waals surface area (Å²) in [5, 5.41) is 2.98. The lowest BCUT2D eigenvalue weighted by atomic mass is 10.1. The van der Waals surface area contributed by atoms with Gasteiger partial charge >= 0.3 is 6.18 Å². The van der Waals surface area contributed by atoms with E-state index in [9.17, 15) is 18.0 Å². The highest BCUT2D eigenvalue weighted by atomic mass is 79.9. The Labute approximate surface area is 155 Å². The number of carbonyl (C=O) groups excluding carboxylic acids is 1. The van der Waals surface area contributed by atoms with Gasteiger partial charge < -0.3 is 10.1 Å². The zero-order valence-corrected chi connectivity index (χ0v) is 15.0. The first-order valence-corrected chi connectivity index (χ1v) is 8.24. The third-order valence-corrected chi connectivity index (χ3v) is 4.16. The van der Waals surface area contributed by atoms with Crippen molar-refractivity contribution in [3.63, 3.8) is 0 Å². The number of aromatic nitrogens is 1. The molecule has 1 aromatic heterocycles. The molecule has 3 rings (SSSR count). The molecule has 8 heteroatoms. The Morgan fingerprint density at radius 3 is 2.58 bits per heavy atom. The highest BCUT2D eigenvalue weighted by Crippen LogP contribution is 2.36. The largest absolute Gasteiger partial charge is 0.456 e. The standard InChI is InChI=1S/C18H12BrF3N2O2/c1-23-17(25)13-8-10(18(20,21)22)2-5-15(13)26-16-6-7-24-14-4-3-11(19)9-12(14)16/h2-9H,1H3,(H,23,25). The number of hydrogen-bond acceptors (Lipinski definition) is 3. The molecule has 0 aliphatic rings. The van der Waals surface area contributed by atoms with Crippen LogP contribution in [0.25, 0.3) is 10.9 Å². The lowest BCUT2D eigenvalue weighted by Gasteiger charge is -2.14. The van der Waals surface area contributed by atoms with E-state index in [-0.39, 0.29) is 11.3 Å². The van der Waals surface area contributed by atoms with Crippen molar-refractivity contribution in [3.05, 3.63) is 64.3 Å². The number of hydrogen-bond donors (Lipinski definition) is 1. The van der Waals surface area contributed by atoms with Crippen molar-refractivity contribution in [2.24, 2.45) is 0 Å². The Kier molecular flexibility index (Phi) is 4.86. The summed E-state index contributed by atoms with van der Waals surface area (Å²) in [6.07, 6.45) is -3.04. The highest BCUT2D eigenvalue weighted by Gasteiger charge is 2.32. The number of alkyl halides is 3. The molecule has 26 heavy (non-hydrogen) atoms. The van der Waals surface area contributed by atoms with Crippen molar-refractivity contribution in [2.75, 3.05) is 7.05 Å². The summed E-state index contributed by atoms with van der Waals surface area (Å²) >= 11 is 3.36. The Balaban J connectivity index is 2.10. The second-order valence-electron chi connectivity index (χ2n) is 5.36. The molecule has 3 aromatic rings. The maximum absolute atomic E-state index is 13.0. The molecule has 0 aliphatic carbocycles. The zero-order valence-electron chi connectivity index (χ0n) is 13.4. The molecule has 0 atom stereocenters. The van der Waals surface area contributed by atoms with E-state index in [0.29, 0.717) is 16.7 Å². The van der Waals surface area contributed by atoms with Crippen molar-refractivity contribution >= 4 is 32.7 Å². The van der Waals surface area contributed by atoms with Crippen LogP contribution in [-0.2, 0) is 6.18 Å². The quantitative estimate of drug-likeness (QED) is 0.630. The molecule has 4 nitrogen and oxygen atoms in total. The van der Waals surface area contributed by atoms with E-state index in [1.807, 2.05) is 6.07 Å². The van der Waals surface area contributed by atoms with Crippen LogP contribution in [0.5, 0.6) is 11.5 Å². The van der Waals surface area contributed by atoms with Gasteiger partial charge in [0.15, 0.2) is 0 Å². The number of amides is 1. The fourth-order valence-electron chi connectivity index (χ4n) is 2.41. The van der Waals surface area contributed by atoms with E-state index in [1.54, 1.807) is 18.2 Å². The van der Waals surface area contributed by atoms with Crippen LogP contribution in [0.4, 0.5) is 13.2 Å². The Morgan fingerprint density at radius 1 is 1.12 bits per heavy atom. The smallest absolute Gasteiger partial charge is 0.416 e. The van der Waals surface area contributed by atoms with Gasteiger partial charge in [-0.05, 0) is 42.5 Å². The molecule has 0 radical (unpaired) electrons. The maximum Gasteiger partial charge on any atom is 0.416 e. The van der Waals surface area contributed by atoms with E-state index in [0.717, 1.165) is 22.7 Å². The third kappa shape index (κ3) is 3.65. The van der Waals surface area contributed by atoms with Crippen LogP contribution in [-0.4, -0.2) is 17.9 Å². The molecule has 0 saturated carbocycles. The zero-order chi connectivity index (χ0) is 18.9. The summed E-state index contributed by atoms with van der Waals surface area (Å²) < 4.78 is 45.5. The monoisotopic (exact) mass is 424 g/mol. The molecule has 1 N–H and O–H groups in total.